The van der Waals surface area contributed by atoms with Crippen molar-refractivity contribution in [1.29, 1.82) is 0 Å². The van der Waals surface area contributed by atoms with E-state index in [0.29, 0.717) is 37.7 Å². The zero-order chi connectivity index (χ0) is 15.1. The van der Waals surface area contributed by atoms with Gasteiger partial charge in [0.1, 0.15) is 5.82 Å². The van der Waals surface area contributed by atoms with Crippen LogP contribution in [-0.2, 0) is 4.79 Å². The van der Waals surface area contributed by atoms with Crippen molar-refractivity contribution in [2.45, 2.75) is 19.8 Å². The van der Waals surface area contributed by atoms with Crippen LogP contribution < -0.4 is 5.32 Å². The summed E-state index contributed by atoms with van der Waals surface area (Å²) >= 11 is 0. The summed E-state index contributed by atoms with van der Waals surface area (Å²) in [7, 11) is 0. The van der Waals surface area contributed by atoms with E-state index in [9.17, 15) is 9.59 Å². The third-order valence-corrected chi connectivity index (χ3v) is 3.47. The van der Waals surface area contributed by atoms with Crippen molar-refractivity contribution < 1.29 is 9.59 Å². The van der Waals surface area contributed by atoms with Crippen LogP contribution in [0.1, 0.15) is 30.3 Å². The second-order valence-electron chi connectivity index (χ2n) is 5.02. The molecule has 7 heteroatoms. The number of piperazine rings is 1. The molecule has 1 saturated heterocycles. The Morgan fingerprint density at radius 3 is 2.62 bits per heavy atom. The molecule has 0 bridgehead atoms. The predicted octanol–water partition coefficient (Wildman–Crippen LogP) is 0.603. The van der Waals surface area contributed by atoms with Gasteiger partial charge in [-0.3, -0.25) is 9.59 Å². The normalized spacial score (nSPS) is 14.9. The topological polar surface area (TPSA) is 78.4 Å². The summed E-state index contributed by atoms with van der Waals surface area (Å²) < 4.78 is 0. The lowest BCUT2D eigenvalue weighted by Gasteiger charge is -2.32. The van der Waals surface area contributed by atoms with Crippen molar-refractivity contribution in [3.8, 4) is 0 Å². The second kappa shape index (κ2) is 7.56. The number of anilines is 1. The van der Waals surface area contributed by atoms with Crippen LogP contribution in [-0.4, -0.2) is 65.0 Å². The second-order valence-corrected chi connectivity index (χ2v) is 5.02. The smallest absolute Gasteiger partial charge is 0.274 e. The standard InChI is InChI=1S/C14H21N5O2/c1-2-3-6-15-13-5-4-12(16-17-13)14(21)19-9-7-18(11-20)8-10-19/h4-5,11H,2-3,6-10H2,1H3,(H,15,17). The van der Waals surface area contributed by atoms with Crippen molar-refractivity contribution in [2.24, 2.45) is 0 Å². The van der Waals surface area contributed by atoms with E-state index in [2.05, 4.69) is 22.4 Å². The van der Waals surface area contributed by atoms with E-state index in [0.717, 1.165) is 25.8 Å². The average molecular weight is 291 g/mol. The molecular formula is C14H21N5O2. The fourth-order valence-corrected chi connectivity index (χ4v) is 2.13. The maximum Gasteiger partial charge on any atom is 0.274 e. The molecule has 1 N–H and O–H groups in total. The highest BCUT2D eigenvalue weighted by atomic mass is 16.2. The summed E-state index contributed by atoms with van der Waals surface area (Å²) in [5.74, 6) is 0.555. The molecule has 2 rings (SSSR count). The van der Waals surface area contributed by atoms with Crippen LogP contribution in [0.2, 0.25) is 0 Å². The molecule has 0 saturated carbocycles. The summed E-state index contributed by atoms with van der Waals surface area (Å²) in [5, 5.41) is 11.2. The molecule has 1 aliphatic heterocycles. The Balaban J connectivity index is 1.89. The highest BCUT2D eigenvalue weighted by Crippen LogP contribution is 2.08. The number of aromatic nitrogens is 2. The molecule has 1 aromatic heterocycles. The average Bonchev–Trinajstić information content (AvgIpc) is 2.55. The number of hydrogen-bond acceptors (Lipinski definition) is 5. The van der Waals surface area contributed by atoms with E-state index in [4.69, 9.17) is 0 Å². The minimum Gasteiger partial charge on any atom is -0.369 e. The van der Waals surface area contributed by atoms with Crippen molar-refractivity contribution in [2.75, 3.05) is 38.0 Å². The van der Waals surface area contributed by atoms with Crippen molar-refractivity contribution >= 4 is 18.1 Å². The molecule has 0 aromatic carbocycles. The Kier molecular flexibility index (Phi) is 5.48. The Morgan fingerprint density at radius 2 is 2.05 bits per heavy atom. The Labute approximate surface area is 124 Å². The van der Waals surface area contributed by atoms with Crippen LogP contribution in [0.5, 0.6) is 0 Å². The number of unbranched alkanes of at least 4 members (excludes halogenated alkanes) is 1. The van der Waals surface area contributed by atoms with Gasteiger partial charge in [0, 0.05) is 32.7 Å². The minimum absolute atomic E-state index is 0.131. The van der Waals surface area contributed by atoms with Crippen molar-refractivity contribution in [3.63, 3.8) is 0 Å². The molecule has 7 nitrogen and oxygen atoms in total. The highest BCUT2D eigenvalue weighted by molar-refractivity contribution is 5.92. The summed E-state index contributed by atoms with van der Waals surface area (Å²) in [6, 6.07) is 3.47. The summed E-state index contributed by atoms with van der Waals surface area (Å²) in [6.07, 6.45) is 3.01. The van der Waals surface area contributed by atoms with Gasteiger partial charge in [0.15, 0.2) is 5.69 Å². The van der Waals surface area contributed by atoms with E-state index >= 15 is 0 Å². The monoisotopic (exact) mass is 291 g/mol. The molecule has 0 aliphatic carbocycles. The molecule has 1 aliphatic rings. The van der Waals surface area contributed by atoms with E-state index in [1.54, 1.807) is 21.9 Å². The van der Waals surface area contributed by atoms with Gasteiger partial charge in [0.05, 0.1) is 0 Å². The lowest BCUT2D eigenvalue weighted by atomic mass is 10.2. The van der Waals surface area contributed by atoms with E-state index < -0.39 is 0 Å². The van der Waals surface area contributed by atoms with E-state index in [1.165, 1.54) is 0 Å². The molecule has 1 aromatic rings. The Hall–Kier alpha value is -2.18. The number of carbonyl (C=O) groups is 2. The Morgan fingerprint density at radius 1 is 1.29 bits per heavy atom. The molecule has 0 atom stereocenters. The molecule has 21 heavy (non-hydrogen) atoms. The molecule has 1 fully saturated rings. The SMILES string of the molecule is CCCCNc1ccc(C(=O)N2CCN(C=O)CC2)nn1. The summed E-state index contributed by atoms with van der Waals surface area (Å²) in [5.41, 5.74) is 0.343. The van der Waals surface area contributed by atoms with Gasteiger partial charge in [-0.1, -0.05) is 13.3 Å². The molecule has 0 radical (unpaired) electrons. The third kappa shape index (κ3) is 4.14. The van der Waals surface area contributed by atoms with Crippen LogP contribution >= 0.6 is 0 Å². The predicted molar refractivity (Wildman–Crippen MR) is 79.0 cm³/mol. The van der Waals surface area contributed by atoms with Crippen LogP contribution in [0.15, 0.2) is 12.1 Å². The van der Waals surface area contributed by atoms with Gasteiger partial charge >= 0.3 is 0 Å². The number of carbonyl (C=O) groups excluding carboxylic acids is 2. The lowest BCUT2D eigenvalue weighted by molar-refractivity contribution is -0.119. The van der Waals surface area contributed by atoms with Crippen molar-refractivity contribution in [3.05, 3.63) is 17.8 Å². The lowest BCUT2D eigenvalue weighted by Crippen LogP contribution is -2.48. The molecule has 114 valence electrons. The van der Waals surface area contributed by atoms with Gasteiger partial charge in [0.25, 0.3) is 5.91 Å². The van der Waals surface area contributed by atoms with Crippen LogP contribution in [0.3, 0.4) is 0 Å². The molecular weight excluding hydrogens is 270 g/mol. The van der Waals surface area contributed by atoms with E-state index in [-0.39, 0.29) is 5.91 Å². The minimum atomic E-state index is -0.131. The van der Waals surface area contributed by atoms with Gasteiger partial charge in [-0.05, 0) is 18.6 Å². The van der Waals surface area contributed by atoms with Gasteiger partial charge in [-0.15, -0.1) is 10.2 Å². The van der Waals surface area contributed by atoms with Gasteiger partial charge < -0.3 is 15.1 Å². The van der Waals surface area contributed by atoms with Crippen LogP contribution in [0.4, 0.5) is 5.82 Å². The first-order valence-electron chi connectivity index (χ1n) is 7.31. The molecule has 2 heterocycles. The molecule has 0 unspecified atom stereocenters. The number of nitrogens with zero attached hydrogens (tertiary/aromatic N) is 4. The van der Waals surface area contributed by atoms with Crippen LogP contribution in [0.25, 0.3) is 0 Å². The van der Waals surface area contributed by atoms with Gasteiger partial charge in [-0.2, -0.15) is 0 Å². The fourth-order valence-electron chi connectivity index (χ4n) is 2.13. The zero-order valence-corrected chi connectivity index (χ0v) is 12.3. The highest BCUT2D eigenvalue weighted by Gasteiger charge is 2.22. The van der Waals surface area contributed by atoms with Crippen LogP contribution in [0, 0.1) is 0 Å². The quantitative estimate of drug-likeness (QED) is 0.613. The van der Waals surface area contributed by atoms with E-state index in [1.807, 2.05) is 0 Å². The first-order chi connectivity index (χ1) is 10.2. The first-order valence-corrected chi connectivity index (χ1v) is 7.31. The first kappa shape index (κ1) is 15.2. The zero-order valence-electron chi connectivity index (χ0n) is 12.3. The fraction of sp³-hybridized carbons (Fsp3) is 0.571. The van der Waals surface area contributed by atoms with Gasteiger partial charge in [0.2, 0.25) is 6.41 Å². The molecule has 2 amide bonds. The summed E-state index contributed by atoms with van der Waals surface area (Å²) in [6.45, 7) is 5.19. The summed E-state index contributed by atoms with van der Waals surface area (Å²) in [4.78, 5) is 26.3. The van der Waals surface area contributed by atoms with Crippen molar-refractivity contribution in [1.82, 2.24) is 20.0 Å². The van der Waals surface area contributed by atoms with Gasteiger partial charge in [-0.25, -0.2) is 0 Å². The number of amides is 2. The number of nitrogens with one attached hydrogen (secondary N) is 1. The number of rotatable bonds is 6. The molecule has 0 spiro atoms. The maximum absolute atomic E-state index is 12.3. The third-order valence-electron chi connectivity index (χ3n) is 3.47. The maximum atomic E-state index is 12.3. The largest absolute Gasteiger partial charge is 0.369 e. The number of hydrogen-bond donors (Lipinski definition) is 1. The Bertz CT molecular complexity index is 469.